The normalized spacial score (nSPS) is 16.8. The minimum Gasteiger partial charge on any atom is -0.465 e. The van der Waals surface area contributed by atoms with E-state index in [1.807, 2.05) is 0 Å². The Bertz CT molecular complexity index is 837. The lowest BCUT2D eigenvalue weighted by atomic mass is 10.1. The highest BCUT2D eigenvalue weighted by atomic mass is 35.5. The fraction of sp³-hybridized carbons (Fsp3) is 0.579. The van der Waals surface area contributed by atoms with Gasteiger partial charge in [0, 0.05) is 24.8 Å². The van der Waals surface area contributed by atoms with Crippen molar-refractivity contribution in [2.24, 2.45) is 0 Å². The lowest BCUT2D eigenvalue weighted by Gasteiger charge is -2.26. The molecule has 8 nitrogen and oxygen atoms in total. The van der Waals surface area contributed by atoms with Crippen LogP contribution in [-0.2, 0) is 24.3 Å². The molecule has 1 atom stereocenters. The van der Waals surface area contributed by atoms with Crippen LogP contribution in [0, 0.1) is 0 Å². The van der Waals surface area contributed by atoms with Crippen LogP contribution in [0.5, 0.6) is 0 Å². The molecule has 0 aromatic heterocycles. The second-order valence-electron chi connectivity index (χ2n) is 6.96. The van der Waals surface area contributed by atoms with Gasteiger partial charge in [0.2, 0.25) is 10.0 Å². The molecule has 1 aromatic rings. The number of benzene rings is 1. The van der Waals surface area contributed by atoms with Crippen LogP contribution < -0.4 is 4.72 Å². The molecular weight excluding hydrogens is 420 g/mol. The first-order valence-electron chi connectivity index (χ1n) is 9.53. The van der Waals surface area contributed by atoms with Gasteiger partial charge in [0.15, 0.2) is 0 Å². The summed E-state index contributed by atoms with van der Waals surface area (Å²) < 4.78 is 38.2. The number of hydrogen-bond acceptors (Lipinski definition) is 6. The fourth-order valence-electron chi connectivity index (χ4n) is 2.93. The summed E-state index contributed by atoms with van der Waals surface area (Å²) >= 11 is 6.10. The van der Waals surface area contributed by atoms with Crippen LogP contribution in [0.4, 0.5) is 0 Å². The number of carbonyl (C=O) groups excluding carboxylic acids is 2. The van der Waals surface area contributed by atoms with Crippen molar-refractivity contribution in [2.75, 3.05) is 26.3 Å². The van der Waals surface area contributed by atoms with Crippen LogP contribution in [0.2, 0.25) is 5.02 Å². The third-order valence-corrected chi connectivity index (χ3v) is 6.39. The molecule has 10 heteroatoms. The fourth-order valence-corrected chi connectivity index (χ4v) is 4.52. The van der Waals surface area contributed by atoms with Gasteiger partial charge >= 0.3 is 5.97 Å². The minimum atomic E-state index is -3.94. The smallest absolute Gasteiger partial charge is 0.325 e. The first-order valence-corrected chi connectivity index (χ1v) is 11.4. The summed E-state index contributed by atoms with van der Waals surface area (Å²) in [6.45, 7) is 5.92. The molecule has 0 bridgehead atoms. The first-order chi connectivity index (χ1) is 13.7. The first kappa shape index (κ1) is 23.6. The summed E-state index contributed by atoms with van der Waals surface area (Å²) in [5, 5.41) is 0.00267. The van der Waals surface area contributed by atoms with Gasteiger partial charge in [0.05, 0.1) is 17.7 Å². The summed E-state index contributed by atoms with van der Waals surface area (Å²) in [6.07, 6.45) is 1.50. The maximum Gasteiger partial charge on any atom is 0.325 e. The molecule has 1 N–H and O–H groups in total. The van der Waals surface area contributed by atoms with E-state index < -0.39 is 21.9 Å². The number of nitrogens with one attached hydrogen (secondary N) is 1. The van der Waals surface area contributed by atoms with E-state index >= 15 is 0 Å². The van der Waals surface area contributed by atoms with Gasteiger partial charge in [-0.2, -0.15) is 0 Å². The number of esters is 1. The van der Waals surface area contributed by atoms with Crippen molar-refractivity contribution >= 4 is 33.5 Å². The van der Waals surface area contributed by atoms with Crippen molar-refractivity contribution in [2.45, 2.75) is 50.7 Å². The molecule has 1 amide bonds. The quantitative estimate of drug-likeness (QED) is 0.583. The Kier molecular flexibility index (Phi) is 8.45. The molecule has 0 aliphatic carbocycles. The van der Waals surface area contributed by atoms with Gasteiger partial charge in [-0.15, -0.1) is 0 Å². The third kappa shape index (κ3) is 6.40. The van der Waals surface area contributed by atoms with Crippen LogP contribution >= 0.6 is 11.6 Å². The SMILES string of the molecule is CCOC(=O)CN(C(=O)c1ccc(Cl)c(S(=O)(=O)NCC2CCCO2)c1)C(C)C. The topological polar surface area (TPSA) is 102 Å². The third-order valence-electron chi connectivity index (χ3n) is 4.48. The monoisotopic (exact) mass is 446 g/mol. The van der Waals surface area contributed by atoms with E-state index in [0.29, 0.717) is 6.61 Å². The van der Waals surface area contributed by atoms with Crippen molar-refractivity contribution in [1.29, 1.82) is 0 Å². The molecule has 1 unspecified atom stereocenters. The van der Waals surface area contributed by atoms with Gasteiger partial charge in [0.1, 0.15) is 11.4 Å². The maximum absolute atomic E-state index is 12.9. The molecule has 29 heavy (non-hydrogen) atoms. The zero-order chi connectivity index (χ0) is 21.6. The molecule has 162 valence electrons. The molecule has 1 fully saturated rings. The highest BCUT2D eigenvalue weighted by molar-refractivity contribution is 7.89. The van der Waals surface area contributed by atoms with E-state index in [1.54, 1.807) is 20.8 Å². The Morgan fingerprint density at radius 2 is 2.10 bits per heavy atom. The molecule has 0 radical (unpaired) electrons. The highest BCUT2D eigenvalue weighted by Gasteiger charge is 2.26. The zero-order valence-electron chi connectivity index (χ0n) is 16.8. The van der Waals surface area contributed by atoms with Crippen LogP contribution in [0.25, 0.3) is 0 Å². The Morgan fingerprint density at radius 3 is 2.69 bits per heavy atom. The number of nitrogens with zero attached hydrogens (tertiary/aromatic N) is 1. The van der Waals surface area contributed by atoms with Crippen molar-refractivity contribution in [1.82, 2.24) is 9.62 Å². The molecule has 1 heterocycles. The van der Waals surface area contributed by atoms with Gasteiger partial charge in [-0.05, 0) is 51.8 Å². The lowest BCUT2D eigenvalue weighted by molar-refractivity contribution is -0.144. The number of sulfonamides is 1. The number of hydrogen-bond donors (Lipinski definition) is 1. The molecule has 1 aliphatic heterocycles. The predicted molar refractivity (Wildman–Crippen MR) is 108 cm³/mol. The summed E-state index contributed by atoms with van der Waals surface area (Å²) in [4.78, 5) is 25.9. The van der Waals surface area contributed by atoms with Gasteiger partial charge in [-0.1, -0.05) is 11.6 Å². The number of amides is 1. The van der Waals surface area contributed by atoms with E-state index in [2.05, 4.69) is 4.72 Å². The van der Waals surface area contributed by atoms with E-state index in [1.165, 1.54) is 23.1 Å². The molecular formula is C19H27ClN2O6S. The van der Waals surface area contributed by atoms with Crippen molar-refractivity contribution in [3.63, 3.8) is 0 Å². The Morgan fingerprint density at radius 1 is 1.38 bits per heavy atom. The molecule has 0 spiro atoms. The van der Waals surface area contributed by atoms with Crippen molar-refractivity contribution in [3.05, 3.63) is 28.8 Å². The number of ether oxygens (including phenoxy) is 2. The standard InChI is InChI=1S/C19H27ClN2O6S/c1-4-27-18(23)12-22(13(2)3)19(24)14-7-8-16(20)17(10-14)29(25,26)21-11-15-6-5-9-28-15/h7-8,10,13,15,21H,4-6,9,11-12H2,1-3H3. The van der Waals surface area contributed by atoms with E-state index in [4.69, 9.17) is 21.1 Å². The highest BCUT2D eigenvalue weighted by Crippen LogP contribution is 2.24. The largest absolute Gasteiger partial charge is 0.465 e. The Labute approximate surface area is 176 Å². The van der Waals surface area contributed by atoms with Gasteiger partial charge in [-0.3, -0.25) is 9.59 Å². The molecule has 1 aromatic carbocycles. The van der Waals surface area contributed by atoms with Crippen LogP contribution in [0.3, 0.4) is 0 Å². The Hall–Kier alpha value is -1.68. The molecule has 2 rings (SSSR count). The number of halogens is 1. The average molecular weight is 447 g/mol. The predicted octanol–water partition coefficient (Wildman–Crippen LogP) is 2.21. The number of rotatable bonds is 9. The van der Waals surface area contributed by atoms with Gasteiger partial charge in [0.25, 0.3) is 5.91 Å². The second-order valence-corrected chi connectivity index (χ2v) is 9.11. The maximum atomic E-state index is 12.9. The molecule has 0 saturated carbocycles. The zero-order valence-corrected chi connectivity index (χ0v) is 18.4. The summed E-state index contributed by atoms with van der Waals surface area (Å²) in [7, 11) is -3.94. The minimum absolute atomic E-state index is 0.00267. The average Bonchev–Trinajstić information content (AvgIpc) is 3.18. The van der Waals surface area contributed by atoms with E-state index in [9.17, 15) is 18.0 Å². The van der Waals surface area contributed by atoms with Crippen LogP contribution in [0.1, 0.15) is 44.0 Å². The van der Waals surface area contributed by atoms with Crippen LogP contribution in [0.15, 0.2) is 23.1 Å². The summed E-state index contributed by atoms with van der Waals surface area (Å²) in [6, 6.07) is 3.73. The molecule has 1 saturated heterocycles. The van der Waals surface area contributed by atoms with Gasteiger partial charge in [-0.25, -0.2) is 13.1 Å². The van der Waals surface area contributed by atoms with Gasteiger partial charge < -0.3 is 14.4 Å². The van der Waals surface area contributed by atoms with Crippen molar-refractivity contribution in [3.8, 4) is 0 Å². The summed E-state index contributed by atoms with van der Waals surface area (Å²) in [5.74, 6) is -1.02. The van der Waals surface area contributed by atoms with Crippen LogP contribution in [-0.4, -0.2) is 63.6 Å². The summed E-state index contributed by atoms with van der Waals surface area (Å²) in [5.41, 5.74) is 0.116. The molecule has 1 aliphatic rings. The van der Waals surface area contributed by atoms with E-state index in [0.717, 1.165) is 12.8 Å². The Balaban J connectivity index is 2.23. The lowest BCUT2D eigenvalue weighted by Crippen LogP contribution is -2.41. The van der Waals surface area contributed by atoms with Crippen molar-refractivity contribution < 1.29 is 27.5 Å². The van der Waals surface area contributed by atoms with E-state index in [-0.39, 0.29) is 47.3 Å². The second kappa shape index (κ2) is 10.4. The number of carbonyl (C=O) groups is 2.